The summed E-state index contributed by atoms with van der Waals surface area (Å²) in [7, 11) is 0. The Hall–Kier alpha value is -3.51. The van der Waals surface area contributed by atoms with Crippen LogP contribution in [0, 0.1) is 20.8 Å². The van der Waals surface area contributed by atoms with E-state index in [1.165, 1.54) is 10.3 Å². The lowest BCUT2D eigenvalue weighted by Crippen LogP contribution is -2.14. The Labute approximate surface area is 183 Å². The van der Waals surface area contributed by atoms with Crippen LogP contribution in [0.2, 0.25) is 0 Å². The van der Waals surface area contributed by atoms with Crippen LogP contribution >= 0.6 is 11.3 Å². The van der Waals surface area contributed by atoms with Crippen molar-refractivity contribution in [1.29, 1.82) is 0 Å². The van der Waals surface area contributed by atoms with E-state index in [0.29, 0.717) is 5.69 Å². The van der Waals surface area contributed by atoms with Gasteiger partial charge in [0.15, 0.2) is 5.58 Å². The Kier molecular flexibility index (Phi) is 4.79. The predicted octanol–water partition coefficient (Wildman–Crippen LogP) is 6.21. The Morgan fingerprint density at radius 2 is 1.81 bits per heavy atom. The summed E-state index contributed by atoms with van der Waals surface area (Å²) in [5.74, 6) is -0.126. The second kappa shape index (κ2) is 7.63. The molecule has 5 aromatic rings. The van der Waals surface area contributed by atoms with E-state index in [4.69, 9.17) is 9.51 Å². The first-order chi connectivity index (χ1) is 15.0. The van der Waals surface area contributed by atoms with Crippen molar-refractivity contribution in [3.8, 4) is 10.6 Å². The Bertz CT molecular complexity index is 1430. The third-order valence-electron chi connectivity index (χ3n) is 5.27. The summed E-state index contributed by atoms with van der Waals surface area (Å²) in [5, 5.41) is 8.96. The average Bonchev–Trinajstić information content (AvgIpc) is 3.32. The van der Waals surface area contributed by atoms with Crippen LogP contribution < -0.4 is 5.32 Å². The van der Waals surface area contributed by atoms with Crippen molar-refractivity contribution in [1.82, 2.24) is 10.1 Å². The van der Waals surface area contributed by atoms with Crippen molar-refractivity contribution in [2.45, 2.75) is 27.2 Å². The van der Waals surface area contributed by atoms with Crippen molar-refractivity contribution in [3.63, 3.8) is 0 Å². The number of thiazole rings is 1. The number of benzene rings is 3. The molecule has 5 rings (SSSR count). The van der Waals surface area contributed by atoms with Gasteiger partial charge in [0.1, 0.15) is 10.7 Å². The molecule has 0 bridgehead atoms. The van der Waals surface area contributed by atoms with Crippen LogP contribution in [-0.2, 0) is 11.2 Å². The Morgan fingerprint density at radius 1 is 1.00 bits per heavy atom. The number of carbonyl (C=O) groups excluding carboxylic acids is 1. The van der Waals surface area contributed by atoms with E-state index in [1.54, 1.807) is 11.3 Å². The molecule has 2 aromatic heterocycles. The van der Waals surface area contributed by atoms with Gasteiger partial charge in [0.05, 0.1) is 16.6 Å². The molecule has 0 atom stereocenters. The van der Waals surface area contributed by atoms with E-state index in [9.17, 15) is 4.79 Å². The van der Waals surface area contributed by atoms with Crippen LogP contribution in [0.25, 0.3) is 31.8 Å². The molecular formula is C25H21N3O2S. The van der Waals surface area contributed by atoms with Gasteiger partial charge in [-0.15, -0.1) is 11.3 Å². The van der Waals surface area contributed by atoms with Crippen LogP contribution in [-0.4, -0.2) is 16.0 Å². The fraction of sp³-hybridized carbons (Fsp3) is 0.160. The van der Waals surface area contributed by atoms with Gasteiger partial charge in [-0.25, -0.2) is 4.98 Å². The van der Waals surface area contributed by atoms with Crippen LogP contribution in [0.4, 0.5) is 5.69 Å². The number of aryl methyl sites for hydroxylation is 3. The molecule has 0 radical (unpaired) electrons. The van der Waals surface area contributed by atoms with E-state index in [1.807, 2.05) is 44.2 Å². The van der Waals surface area contributed by atoms with Gasteiger partial charge in [-0.2, -0.15) is 0 Å². The van der Waals surface area contributed by atoms with Crippen LogP contribution in [0.5, 0.6) is 0 Å². The van der Waals surface area contributed by atoms with E-state index in [0.717, 1.165) is 43.9 Å². The standard InChI is InChI=1S/C25H21N3O2S/c1-14-4-9-19-22(12-14)31-25(27-19)17-5-7-18(8-6-17)26-23(29)13-20-24-16(3)10-15(2)11-21(24)30-28-20/h4-12H,13H2,1-3H3,(H,26,29). The van der Waals surface area contributed by atoms with Crippen molar-refractivity contribution in [2.75, 3.05) is 5.32 Å². The molecule has 1 N–H and O–H groups in total. The van der Waals surface area contributed by atoms with Gasteiger partial charge in [-0.1, -0.05) is 17.3 Å². The topological polar surface area (TPSA) is 68.0 Å². The summed E-state index contributed by atoms with van der Waals surface area (Å²) in [6.07, 6.45) is 0.163. The predicted molar refractivity (Wildman–Crippen MR) is 126 cm³/mol. The summed E-state index contributed by atoms with van der Waals surface area (Å²) in [6, 6.07) is 18.1. The van der Waals surface area contributed by atoms with Gasteiger partial charge >= 0.3 is 0 Å². The maximum absolute atomic E-state index is 12.6. The Balaban J connectivity index is 1.32. The number of aromatic nitrogens is 2. The normalized spacial score (nSPS) is 11.3. The highest BCUT2D eigenvalue weighted by molar-refractivity contribution is 7.21. The second-order valence-corrected chi connectivity index (χ2v) is 8.91. The zero-order valence-electron chi connectivity index (χ0n) is 17.5. The molecule has 31 heavy (non-hydrogen) atoms. The van der Waals surface area contributed by atoms with Crippen molar-refractivity contribution < 1.29 is 9.32 Å². The number of rotatable bonds is 4. The third kappa shape index (κ3) is 3.82. The molecule has 0 unspecified atom stereocenters. The van der Waals surface area contributed by atoms with Gasteiger partial charge < -0.3 is 9.84 Å². The number of amides is 1. The molecule has 0 aliphatic carbocycles. The fourth-order valence-corrected chi connectivity index (χ4v) is 4.92. The maximum atomic E-state index is 12.6. The number of carbonyl (C=O) groups is 1. The monoisotopic (exact) mass is 427 g/mol. The molecule has 5 nitrogen and oxygen atoms in total. The minimum atomic E-state index is -0.126. The summed E-state index contributed by atoms with van der Waals surface area (Å²) in [5.41, 5.74) is 7.56. The summed E-state index contributed by atoms with van der Waals surface area (Å²) in [6.45, 7) is 6.11. The van der Waals surface area contributed by atoms with Crippen molar-refractivity contribution >= 4 is 44.1 Å². The smallest absolute Gasteiger partial charge is 0.230 e. The zero-order valence-corrected chi connectivity index (χ0v) is 18.3. The van der Waals surface area contributed by atoms with Crippen molar-refractivity contribution in [2.24, 2.45) is 0 Å². The molecule has 0 aliphatic rings. The number of hydrogen-bond donors (Lipinski definition) is 1. The quantitative estimate of drug-likeness (QED) is 0.370. The highest BCUT2D eigenvalue weighted by Gasteiger charge is 2.15. The van der Waals surface area contributed by atoms with Crippen molar-refractivity contribution in [3.05, 3.63) is 77.0 Å². The van der Waals surface area contributed by atoms with Crippen LogP contribution in [0.3, 0.4) is 0 Å². The lowest BCUT2D eigenvalue weighted by molar-refractivity contribution is -0.115. The van der Waals surface area contributed by atoms with Crippen LogP contribution in [0.1, 0.15) is 22.4 Å². The number of anilines is 1. The molecule has 2 heterocycles. The number of nitrogens with zero attached hydrogens (tertiary/aromatic N) is 2. The molecule has 0 fully saturated rings. The fourth-order valence-electron chi connectivity index (χ4n) is 3.85. The summed E-state index contributed by atoms with van der Waals surface area (Å²) >= 11 is 1.67. The minimum absolute atomic E-state index is 0.126. The van der Waals surface area contributed by atoms with Gasteiger partial charge in [0, 0.05) is 16.6 Å². The molecule has 1 amide bonds. The average molecular weight is 428 g/mol. The molecule has 0 aliphatic heterocycles. The van der Waals surface area contributed by atoms with E-state index in [-0.39, 0.29) is 12.3 Å². The minimum Gasteiger partial charge on any atom is -0.356 e. The SMILES string of the molecule is Cc1cc(C)c2c(CC(=O)Nc3ccc(-c4nc5ccc(C)cc5s4)cc3)noc2c1. The van der Waals surface area contributed by atoms with Gasteiger partial charge in [0.25, 0.3) is 0 Å². The molecule has 154 valence electrons. The first-order valence-electron chi connectivity index (χ1n) is 10.1. The lowest BCUT2D eigenvalue weighted by Gasteiger charge is -2.05. The maximum Gasteiger partial charge on any atom is 0.230 e. The van der Waals surface area contributed by atoms with Gasteiger partial charge in [-0.05, 0) is 79.9 Å². The third-order valence-corrected chi connectivity index (χ3v) is 6.34. The van der Waals surface area contributed by atoms with Crippen LogP contribution in [0.15, 0.2) is 59.1 Å². The molecule has 0 spiro atoms. The molecule has 3 aromatic carbocycles. The zero-order chi connectivity index (χ0) is 21.5. The molecule has 6 heteroatoms. The largest absolute Gasteiger partial charge is 0.356 e. The first kappa shape index (κ1) is 19.5. The highest BCUT2D eigenvalue weighted by atomic mass is 32.1. The number of hydrogen-bond acceptors (Lipinski definition) is 5. The van der Waals surface area contributed by atoms with Gasteiger partial charge in [0.2, 0.25) is 5.91 Å². The van der Waals surface area contributed by atoms with Gasteiger partial charge in [-0.3, -0.25) is 4.79 Å². The molecule has 0 saturated heterocycles. The summed E-state index contributed by atoms with van der Waals surface area (Å²) in [4.78, 5) is 17.3. The van der Waals surface area contributed by atoms with E-state index in [2.05, 4.69) is 41.7 Å². The molecular weight excluding hydrogens is 406 g/mol. The Morgan fingerprint density at radius 3 is 2.61 bits per heavy atom. The molecule has 0 saturated carbocycles. The number of nitrogens with one attached hydrogen (secondary N) is 1. The first-order valence-corrected chi connectivity index (χ1v) is 10.9. The van der Waals surface area contributed by atoms with E-state index >= 15 is 0 Å². The second-order valence-electron chi connectivity index (χ2n) is 7.88. The lowest BCUT2D eigenvalue weighted by atomic mass is 10.0. The highest BCUT2D eigenvalue weighted by Crippen LogP contribution is 2.31. The summed E-state index contributed by atoms with van der Waals surface area (Å²) < 4.78 is 6.60. The van der Waals surface area contributed by atoms with E-state index < -0.39 is 0 Å². The number of fused-ring (bicyclic) bond motifs is 2.